The summed E-state index contributed by atoms with van der Waals surface area (Å²) in [6.07, 6.45) is 1.98. The summed E-state index contributed by atoms with van der Waals surface area (Å²) in [5.41, 5.74) is 0. The Kier molecular flexibility index (Phi) is 1.82. The van der Waals surface area contributed by atoms with Crippen LogP contribution in [-0.4, -0.2) is 12.1 Å². The van der Waals surface area contributed by atoms with E-state index in [2.05, 4.69) is 27.4 Å². The Morgan fingerprint density at radius 1 is 2.00 bits per heavy atom. The van der Waals surface area contributed by atoms with E-state index in [0.717, 1.165) is 0 Å². The first kappa shape index (κ1) is 5.71. The summed E-state index contributed by atoms with van der Waals surface area (Å²) in [6, 6.07) is 0. The maximum Gasteiger partial charge on any atom is 0.0414 e. The Morgan fingerprint density at radius 3 is 2.86 bits per heavy atom. The quantitative estimate of drug-likeness (QED) is 0.465. The van der Waals surface area contributed by atoms with Crippen LogP contribution in [-0.2, 0) is 0 Å². The van der Waals surface area contributed by atoms with E-state index in [1.54, 1.807) is 5.01 Å². The molecule has 2 nitrogen and oxygen atoms in total. The van der Waals surface area contributed by atoms with Gasteiger partial charge >= 0.3 is 0 Å². The topological polar surface area (TPSA) is 17.3 Å². The Labute approximate surface area is 60.6 Å². The fourth-order valence-electron chi connectivity index (χ4n) is 0.297. The Morgan fingerprint density at radius 2 is 2.71 bits per heavy atom. The van der Waals surface area contributed by atoms with Crippen molar-refractivity contribution < 1.29 is 0 Å². The molecular weight excluding hydrogens is 223 g/mol. The third-order valence-corrected chi connectivity index (χ3v) is 2.03. The summed E-state index contributed by atoms with van der Waals surface area (Å²) in [6.45, 7) is 0. The minimum absolute atomic E-state index is 1.22. The van der Waals surface area contributed by atoms with Gasteiger partial charge in [-0.25, -0.2) is 11.9 Å². The van der Waals surface area contributed by atoms with Gasteiger partial charge in [0.2, 0.25) is 0 Å². The SMILES string of the molecule is CN1C=C(I)S[N-]1. The molecule has 1 heterocycles. The average molecular weight is 227 g/mol. The highest BCUT2D eigenvalue weighted by Crippen LogP contribution is 2.35. The fraction of sp³-hybridized carbons (Fsp3) is 0.333. The van der Waals surface area contributed by atoms with Gasteiger partial charge in [-0.2, -0.15) is 0 Å². The zero-order valence-electron chi connectivity index (χ0n) is 3.76. The molecule has 0 bridgehead atoms. The van der Waals surface area contributed by atoms with E-state index < -0.39 is 0 Å². The molecule has 1 aliphatic heterocycles. The van der Waals surface area contributed by atoms with Gasteiger partial charge in [0, 0.05) is 9.11 Å². The van der Waals surface area contributed by atoms with Gasteiger partial charge in [0.15, 0.2) is 0 Å². The maximum atomic E-state index is 3.97. The van der Waals surface area contributed by atoms with E-state index in [4.69, 9.17) is 0 Å². The summed E-state index contributed by atoms with van der Waals surface area (Å²) in [4.78, 5) is 3.97. The molecule has 0 saturated heterocycles. The Balaban J connectivity index is 2.50. The van der Waals surface area contributed by atoms with Crippen LogP contribution >= 0.6 is 34.5 Å². The molecule has 7 heavy (non-hydrogen) atoms. The molecule has 0 aromatic heterocycles. The summed E-state index contributed by atoms with van der Waals surface area (Å²) >= 11 is 3.74. The first-order valence-electron chi connectivity index (χ1n) is 1.77. The lowest BCUT2D eigenvalue weighted by Crippen LogP contribution is -1.93. The molecule has 0 N–H and O–H groups in total. The molecule has 0 aromatic rings. The Bertz CT molecular complexity index is 103. The number of rotatable bonds is 0. The van der Waals surface area contributed by atoms with Crippen molar-refractivity contribution in [3.63, 3.8) is 0 Å². The van der Waals surface area contributed by atoms with Gasteiger partial charge < -0.3 is 9.84 Å². The lowest BCUT2D eigenvalue weighted by molar-refractivity contribution is 0.624. The zero-order chi connectivity index (χ0) is 5.28. The number of hydrogen-bond donors (Lipinski definition) is 0. The predicted molar refractivity (Wildman–Crippen MR) is 40.8 cm³/mol. The normalized spacial score (nSPS) is 20.3. The smallest absolute Gasteiger partial charge is 0.0414 e. The van der Waals surface area contributed by atoms with Crippen LogP contribution in [0.2, 0.25) is 0 Å². The number of hydrogen-bond acceptors (Lipinski definition) is 2. The van der Waals surface area contributed by atoms with Crippen molar-refractivity contribution in [2.75, 3.05) is 7.05 Å². The summed E-state index contributed by atoms with van der Waals surface area (Å²) < 4.78 is 1.22. The second-order valence-corrected chi connectivity index (χ2v) is 3.86. The first-order chi connectivity index (χ1) is 3.29. The monoisotopic (exact) mass is 227 g/mol. The van der Waals surface area contributed by atoms with Crippen LogP contribution in [0.5, 0.6) is 0 Å². The standard InChI is InChI=1S/C3H4IN2S/c1-6-2-3(4)7-5-6/h2H,1H3/q-1. The fourth-order valence-corrected chi connectivity index (χ4v) is 1.42. The largest absolute Gasteiger partial charge is 0.508 e. The summed E-state index contributed by atoms with van der Waals surface area (Å²) in [5.74, 6) is 0. The van der Waals surface area contributed by atoms with Crippen LogP contribution in [0.25, 0.3) is 4.83 Å². The van der Waals surface area contributed by atoms with Gasteiger partial charge in [0.25, 0.3) is 0 Å². The van der Waals surface area contributed by atoms with Crippen LogP contribution < -0.4 is 0 Å². The molecule has 0 fully saturated rings. The van der Waals surface area contributed by atoms with Crippen LogP contribution in [0.15, 0.2) is 9.11 Å². The van der Waals surface area contributed by atoms with E-state index in [1.165, 1.54) is 14.9 Å². The van der Waals surface area contributed by atoms with E-state index in [-0.39, 0.29) is 0 Å². The van der Waals surface area contributed by atoms with Crippen molar-refractivity contribution in [1.29, 1.82) is 0 Å². The molecule has 0 aliphatic carbocycles. The van der Waals surface area contributed by atoms with Gasteiger partial charge in [0.05, 0.1) is 0 Å². The molecule has 0 spiro atoms. The van der Waals surface area contributed by atoms with Gasteiger partial charge in [-0.3, -0.25) is 0 Å². The highest BCUT2D eigenvalue weighted by molar-refractivity contribution is 14.1. The first-order valence-corrected chi connectivity index (χ1v) is 3.62. The molecule has 0 saturated carbocycles. The van der Waals surface area contributed by atoms with Crippen LogP contribution in [0.3, 0.4) is 0 Å². The van der Waals surface area contributed by atoms with Crippen molar-refractivity contribution in [2.45, 2.75) is 0 Å². The van der Waals surface area contributed by atoms with E-state index in [1.807, 2.05) is 13.2 Å². The highest BCUT2D eigenvalue weighted by Gasteiger charge is 1.90. The van der Waals surface area contributed by atoms with Crippen molar-refractivity contribution in [1.82, 2.24) is 5.01 Å². The van der Waals surface area contributed by atoms with E-state index in [0.29, 0.717) is 0 Å². The second kappa shape index (κ2) is 2.23. The van der Waals surface area contributed by atoms with Crippen molar-refractivity contribution >= 4 is 34.5 Å². The predicted octanol–water partition coefficient (Wildman–Crippen LogP) is 2.10. The van der Waals surface area contributed by atoms with E-state index >= 15 is 0 Å². The van der Waals surface area contributed by atoms with Crippen molar-refractivity contribution in [3.05, 3.63) is 13.9 Å². The maximum absolute atomic E-state index is 3.97. The van der Waals surface area contributed by atoms with Crippen molar-refractivity contribution in [3.8, 4) is 0 Å². The molecule has 0 amide bonds. The molecule has 4 heteroatoms. The lowest BCUT2D eigenvalue weighted by Gasteiger charge is -2.22. The second-order valence-electron chi connectivity index (χ2n) is 1.18. The highest BCUT2D eigenvalue weighted by atomic mass is 127. The molecule has 40 valence electrons. The third-order valence-electron chi connectivity index (χ3n) is 0.545. The Hall–Kier alpha value is 0.580. The minimum Gasteiger partial charge on any atom is -0.508 e. The van der Waals surface area contributed by atoms with Crippen LogP contribution in [0.1, 0.15) is 0 Å². The number of nitrogens with zero attached hydrogens (tertiary/aromatic N) is 2. The van der Waals surface area contributed by atoms with Crippen LogP contribution in [0, 0.1) is 0 Å². The summed E-state index contributed by atoms with van der Waals surface area (Å²) in [7, 11) is 1.92. The average Bonchev–Trinajstić information content (AvgIpc) is 1.87. The zero-order valence-corrected chi connectivity index (χ0v) is 6.73. The molecule has 0 aromatic carbocycles. The molecule has 0 radical (unpaired) electrons. The van der Waals surface area contributed by atoms with Gasteiger partial charge in [0.1, 0.15) is 0 Å². The van der Waals surface area contributed by atoms with Gasteiger partial charge in [-0.1, -0.05) is 0 Å². The van der Waals surface area contributed by atoms with Crippen molar-refractivity contribution in [2.24, 2.45) is 0 Å². The molecule has 1 rings (SSSR count). The minimum atomic E-state index is 1.22. The van der Waals surface area contributed by atoms with Gasteiger partial charge in [-0.15, -0.1) is 0 Å². The summed E-state index contributed by atoms with van der Waals surface area (Å²) in [5, 5.41) is 1.80. The molecule has 0 unspecified atom stereocenters. The van der Waals surface area contributed by atoms with E-state index in [9.17, 15) is 0 Å². The van der Waals surface area contributed by atoms with Gasteiger partial charge in [-0.05, 0) is 29.6 Å². The lowest BCUT2D eigenvalue weighted by atomic mass is 11.0. The van der Waals surface area contributed by atoms with Crippen LogP contribution in [0.4, 0.5) is 0 Å². The number of halogens is 1. The molecular formula is C3H4IN2S-. The molecule has 0 atom stereocenters. The molecule has 1 aliphatic rings. The third kappa shape index (κ3) is 1.50.